The SMILES string of the molecule is CC(=O)N1CC(C(=O)Nc2cc(-c3ccc(C(C)(C)C)cc3)no2)C1. The Kier molecular flexibility index (Phi) is 4.37. The van der Waals surface area contributed by atoms with Gasteiger partial charge in [0.05, 0.1) is 5.92 Å². The number of anilines is 1. The van der Waals surface area contributed by atoms with E-state index in [4.69, 9.17) is 4.52 Å². The van der Waals surface area contributed by atoms with Gasteiger partial charge < -0.3 is 9.42 Å². The van der Waals surface area contributed by atoms with Crippen LogP contribution in [-0.2, 0) is 15.0 Å². The Labute approximate surface area is 147 Å². The highest BCUT2D eigenvalue weighted by Crippen LogP contribution is 2.27. The third-order valence-corrected chi connectivity index (χ3v) is 4.50. The molecule has 0 radical (unpaired) electrons. The average molecular weight is 341 g/mol. The second kappa shape index (κ2) is 6.35. The fraction of sp³-hybridized carbons (Fsp3) is 0.421. The predicted molar refractivity (Wildman–Crippen MR) is 95.0 cm³/mol. The number of hydrogen-bond acceptors (Lipinski definition) is 4. The van der Waals surface area contributed by atoms with Crippen molar-refractivity contribution in [2.45, 2.75) is 33.1 Å². The van der Waals surface area contributed by atoms with E-state index < -0.39 is 0 Å². The minimum Gasteiger partial charge on any atom is -0.341 e. The first-order valence-electron chi connectivity index (χ1n) is 8.38. The molecule has 0 unspecified atom stereocenters. The van der Waals surface area contributed by atoms with Crippen molar-refractivity contribution in [1.29, 1.82) is 0 Å². The molecule has 1 aromatic carbocycles. The molecule has 25 heavy (non-hydrogen) atoms. The second-order valence-corrected chi connectivity index (χ2v) is 7.51. The normalized spacial score (nSPS) is 15.0. The molecule has 2 amide bonds. The van der Waals surface area contributed by atoms with Gasteiger partial charge in [-0.3, -0.25) is 14.9 Å². The summed E-state index contributed by atoms with van der Waals surface area (Å²) in [6.45, 7) is 8.91. The Morgan fingerprint density at radius 3 is 2.40 bits per heavy atom. The monoisotopic (exact) mass is 341 g/mol. The summed E-state index contributed by atoms with van der Waals surface area (Å²) >= 11 is 0. The summed E-state index contributed by atoms with van der Waals surface area (Å²) in [4.78, 5) is 24.9. The van der Waals surface area contributed by atoms with E-state index in [1.165, 1.54) is 12.5 Å². The van der Waals surface area contributed by atoms with E-state index in [2.05, 4.69) is 43.4 Å². The van der Waals surface area contributed by atoms with Gasteiger partial charge in [-0.15, -0.1) is 0 Å². The van der Waals surface area contributed by atoms with Gasteiger partial charge in [-0.05, 0) is 11.0 Å². The topological polar surface area (TPSA) is 75.4 Å². The molecule has 0 bridgehead atoms. The third-order valence-electron chi connectivity index (χ3n) is 4.50. The molecule has 1 aliphatic heterocycles. The van der Waals surface area contributed by atoms with E-state index in [-0.39, 0.29) is 23.1 Å². The van der Waals surface area contributed by atoms with Gasteiger partial charge in [0.1, 0.15) is 5.69 Å². The number of likely N-dealkylation sites (tertiary alicyclic amines) is 1. The summed E-state index contributed by atoms with van der Waals surface area (Å²) in [5.41, 5.74) is 2.95. The number of rotatable bonds is 3. The van der Waals surface area contributed by atoms with Crippen LogP contribution in [0.2, 0.25) is 0 Å². The maximum Gasteiger partial charge on any atom is 0.233 e. The Bertz CT molecular complexity index is 781. The summed E-state index contributed by atoms with van der Waals surface area (Å²) in [5.74, 6) is -0.0299. The zero-order valence-electron chi connectivity index (χ0n) is 15.0. The Balaban J connectivity index is 1.63. The van der Waals surface area contributed by atoms with Crippen molar-refractivity contribution >= 4 is 17.7 Å². The van der Waals surface area contributed by atoms with Gasteiger partial charge in [0.15, 0.2) is 0 Å². The van der Waals surface area contributed by atoms with Gasteiger partial charge in [-0.25, -0.2) is 0 Å². The first-order chi connectivity index (χ1) is 11.7. The fourth-order valence-corrected chi connectivity index (χ4v) is 2.74. The average Bonchev–Trinajstić information content (AvgIpc) is 2.93. The lowest BCUT2D eigenvalue weighted by Gasteiger charge is -2.37. The summed E-state index contributed by atoms with van der Waals surface area (Å²) in [6.07, 6.45) is 0. The molecule has 1 aromatic heterocycles. The van der Waals surface area contributed by atoms with Gasteiger partial charge in [0, 0.05) is 31.6 Å². The maximum absolute atomic E-state index is 12.1. The molecule has 0 atom stereocenters. The molecular formula is C19H23N3O3. The van der Waals surface area contributed by atoms with Crippen LogP contribution in [0.3, 0.4) is 0 Å². The van der Waals surface area contributed by atoms with Crippen molar-refractivity contribution in [1.82, 2.24) is 10.1 Å². The molecule has 1 N–H and O–H groups in total. The highest BCUT2D eigenvalue weighted by molar-refractivity contribution is 5.93. The number of nitrogens with zero attached hydrogens (tertiary/aromatic N) is 2. The minimum atomic E-state index is -0.191. The van der Waals surface area contributed by atoms with Gasteiger partial charge in [-0.2, -0.15) is 0 Å². The lowest BCUT2D eigenvalue weighted by molar-refractivity contribution is -0.139. The molecule has 2 aromatic rings. The van der Waals surface area contributed by atoms with E-state index in [0.29, 0.717) is 24.7 Å². The van der Waals surface area contributed by atoms with Crippen molar-refractivity contribution in [2.24, 2.45) is 5.92 Å². The number of carbonyl (C=O) groups is 2. The van der Waals surface area contributed by atoms with Crippen LogP contribution in [0.1, 0.15) is 33.3 Å². The van der Waals surface area contributed by atoms with Crippen LogP contribution in [0, 0.1) is 5.92 Å². The number of amides is 2. The van der Waals surface area contributed by atoms with E-state index in [1.807, 2.05) is 12.1 Å². The van der Waals surface area contributed by atoms with Crippen molar-refractivity contribution in [3.63, 3.8) is 0 Å². The third kappa shape index (κ3) is 3.73. The minimum absolute atomic E-state index is 0.00953. The van der Waals surface area contributed by atoms with Crippen molar-refractivity contribution in [2.75, 3.05) is 18.4 Å². The molecule has 6 heteroatoms. The van der Waals surface area contributed by atoms with E-state index >= 15 is 0 Å². The smallest absolute Gasteiger partial charge is 0.233 e. The van der Waals surface area contributed by atoms with Crippen LogP contribution in [0.15, 0.2) is 34.9 Å². The predicted octanol–water partition coefficient (Wildman–Crippen LogP) is 3.06. The number of aromatic nitrogens is 1. The van der Waals surface area contributed by atoms with Gasteiger partial charge in [-0.1, -0.05) is 50.2 Å². The molecule has 0 saturated carbocycles. The van der Waals surface area contributed by atoms with Crippen molar-refractivity contribution in [3.05, 3.63) is 35.9 Å². The first-order valence-corrected chi connectivity index (χ1v) is 8.38. The van der Waals surface area contributed by atoms with Crippen LogP contribution in [0.25, 0.3) is 11.3 Å². The first kappa shape index (κ1) is 17.2. The number of nitrogens with one attached hydrogen (secondary N) is 1. The second-order valence-electron chi connectivity index (χ2n) is 7.51. The number of benzene rings is 1. The summed E-state index contributed by atoms with van der Waals surface area (Å²) in [7, 11) is 0. The number of carbonyl (C=O) groups excluding carboxylic acids is 2. The van der Waals surface area contributed by atoms with E-state index in [1.54, 1.807) is 11.0 Å². The molecule has 3 rings (SSSR count). The molecule has 0 spiro atoms. The zero-order chi connectivity index (χ0) is 18.2. The lowest BCUT2D eigenvalue weighted by Crippen LogP contribution is -2.53. The van der Waals surface area contributed by atoms with Gasteiger partial charge in [0.2, 0.25) is 17.7 Å². The standard InChI is InChI=1S/C19H23N3O3/c1-12(23)22-10-14(11-22)18(24)20-17-9-16(21-25-17)13-5-7-15(8-6-13)19(2,3)4/h5-9,14H,10-11H2,1-4H3,(H,20,24). The molecule has 2 heterocycles. The highest BCUT2D eigenvalue weighted by Gasteiger charge is 2.34. The molecule has 1 fully saturated rings. The Hall–Kier alpha value is -2.63. The fourth-order valence-electron chi connectivity index (χ4n) is 2.74. The van der Waals surface area contributed by atoms with Crippen molar-refractivity contribution < 1.29 is 14.1 Å². The van der Waals surface area contributed by atoms with Gasteiger partial charge in [0.25, 0.3) is 0 Å². The zero-order valence-corrected chi connectivity index (χ0v) is 15.0. The van der Waals surface area contributed by atoms with Crippen LogP contribution in [0.5, 0.6) is 0 Å². The quantitative estimate of drug-likeness (QED) is 0.931. The molecule has 132 valence electrons. The Morgan fingerprint density at radius 2 is 1.84 bits per heavy atom. The Morgan fingerprint density at radius 1 is 1.20 bits per heavy atom. The molecule has 1 aliphatic rings. The summed E-state index contributed by atoms with van der Waals surface area (Å²) < 4.78 is 5.22. The highest BCUT2D eigenvalue weighted by atomic mass is 16.5. The van der Waals surface area contributed by atoms with Crippen LogP contribution in [-0.4, -0.2) is 35.0 Å². The molecule has 1 saturated heterocycles. The van der Waals surface area contributed by atoms with Crippen LogP contribution < -0.4 is 5.32 Å². The molecule has 0 aliphatic carbocycles. The van der Waals surface area contributed by atoms with E-state index in [9.17, 15) is 9.59 Å². The summed E-state index contributed by atoms with van der Waals surface area (Å²) in [6, 6.07) is 9.87. The maximum atomic E-state index is 12.1. The lowest BCUT2D eigenvalue weighted by atomic mass is 9.86. The van der Waals surface area contributed by atoms with Crippen molar-refractivity contribution in [3.8, 4) is 11.3 Å². The molecule has 6 nitrogen and oxygen atoms in total. The van der Waals surface area contributed by atoms with E-state index in [0.717, 1.165) is 5.56 Å². The van der Waals surface area contributed by atoms with Crippen LogP contribution in [0.4, 0.5) is 5.88 Å². The largest absolute Gasteiger partial charge is 0.341 e. The summed E-state index contributed by atoms with van der Waals surface area (Å²) in [5, 5.41) is 6.75. The van der Waals surface area contributed by atoms with Gasteiger partial charge >= 0.3 is 0 Å². The number of hydrogen-bond donors (Lipinski definition) is 1. The molecular weight excluding hydrogens is 318 g/mol. The van der Waals surface area contributed by atoms with Crippen LogP contribution >= 0.6 is 0 Å².